The number of rotatable bonds is 19. The molecule has 2 rings (SSSR count). The SMILES string of the molecule is C#CC(CCn1cnc2c(N)nc(F)nc21)(COC(=O)CCCCCCCC#CCCCCCCCC)OC. The minimum atomic E-state index is -1.13. The Morgan fingerprint density at radius 3 is 2.33 bits per heavy atom. The molecule has 0 aliphatic rings. The Bertz CT molecular complexity index is 1120. The van der Waals surface area contributed by atoms with Crippen molar-refractivity contribution in [1.29, 1.82) is 0 Å². The van der Waals surface area contributed by atoms with Gasteiger partial charge in [-0.25, -0.2) is 4.98 Å². The first-order valence-electron chi connectivity index (χ1n) is 14.2. The first-order valence-corrected chi connectivity index (χ1v) is 14.2. The van der Waals surface area contributed by atoms with Crippen molar-refractivity contribution < 1.29 is 18.7 Å². The van der Waals surface area contributed by atoms with Crippen LogP contribution in [-0.4, -0.2) is 44.8 Å². The van der Waals surface area contributed by atoms with Gasteiger partial charge in [0.05, 0.1) is 6.33 Å². The van der Waals surface area contributed by atoms with E-state index in [4.69, 9.17) is 21.6 Å². The summed E-state index contributed by atoms with van der Waals surface area (Å²) in [5, 5.41) is 0. The Balaban J connectivity index is 1.60. The van der Waals surface area contributed by atoms with Crippen molar-refractivity contribution in [3.8, 4) is 24.2 Å². The number of imidazole rings is 1. The number of terminal acetylenes is 1. The van der Waals surface area contributed by atoms with Crippen LogP contribution in [-0.2, 0) is 20.8 Å². The molecule has 0 aromatic carbocycles. The maximum atomic E-state index is 13.6. The molecule has 2 aromatic rings. The summed E-state index contributed by atoms with van der Waals surface area (Å²) in [6.07, 6.45) is 21.8. The van der Waals surface area contributed by atoms with E-state index < -0.39 is 11.7 Å². The van der Waals surface area contributed by atoms with E-state index in [1.807, 2.05) is 0 Å². The average Bonchev–Trinajstić information content (AvgIpc) is 3.34. The molecule has 0 aliphatic heterocycles. The van der Waals surface area contributed by atoms with Crippen molar-refractivity contribution >= 4 is 23.0 Å². The van der Waals surface area contributed by atoms with Gasteiger partial charge in [-0.05, 0) is 19.3 Å². The zero-order chi connectivity index (χ0) is 28.3. The summed E-state index contributed by atoms with van der Waals surface area (Å²) in [5.74, 6) is 8.84. The van der Waals surface area contributed by atoms with Crippen LogP contribution >= 0.6 is 0 Å². The Morgan fingerprint density at radius 1 is 1.05 bits per heavy atom. The number of fused-ring (bicyclic) bond motifs is 1. The van der Waals surface area contributed by atoms with Gasteiger partial charge in [0.15, 0.2) is 17.1 Å². The van der Waals surface area contributed by atoms with Crippen molar-refractivity contribution in [3.63, 3.8) is 0 Å². The van der Waals surface area contributed by atoms with Crippen LogP contribution in [0.5, 0.6) is 0 Å². The second kappa shape index (κ2) is 18.2. The lowest BCUT2D eigenvalue weighted by molar-refractivity contribution is -0.150. The van der Waals surface area contributed by atoms with Gasteiger partial charge in [-0.2, -0.15) is 14.4 Å². The molecule has 1 unspecified atom stereocenters. The molecule has 0 spiro atoms. The lowest BCUT2D eigenvalue weighted by atomic mass is 10.0. The van der Waals surface area contributed by atoms with E-state index in [9.17, 15) is 9.18 Å². The molecular weight excluding hydrogens is 497 g/mol. The van der Waals surface area contributed by atoms with Crippen molar-refractivity contribution in [3.05, 3.63) is 12.4 Å². The number of methoxy groups -OCH3 is 1. The van der Waals surface area contributed by atoms with E-state index in [0.29, 0.717) is 24.9 Å². The van der Waals surface area contributed by atoms with E-state index in [0.717, 1.165) is 44.9 Å². The molecule has 2 aromatic heterocycles. The van der Waals surface area contributed by atoms with E-state index in [2.05, 4.69) is 39.6 Å². The fourth-order valence-corrected chi connectivity index (χ4v) is 4.26. The van der Waals surface area contributed by atoms with Gasteiger partial charge in [0.1, 0.15) is 12.1 Å². The predicted molar refractivity (Wildman–Crippen MR) is 152 cm³/mol. The molecule has 39 heavy (non-hydrogen) atoms. The molecule has 0 saturated carbocycles. The van der Waals surface area contributed by atoms with Crippen LogP contribution in [0.3, 0.4) is 0 Å². The number of unbranched alkanes of at least 4 members (excludes halogenated alkanes) is 11. The fraction of sp³-hybridized carbons (Fsp3) is 0.667. The van der Waals surface area contributed by atoms with Crippen LogP contribution in [0.1, 0.15) is 103 Å². The molecule has 0 amide bonds. The van der Waals surface area contributed by atoms with Crippen LogP contribution in [0, 0.1) is 30.3 Å². The second-order valence-corrected chi connectivity index (χ2v) is 9.88. The third-order valence-corrected chi connectivity index (χ3v) is 6.80. The summed E-state index contributed by atoms with van der Waals surface area (Å²) in [5.41, 5.74) is 5.16. The number of halogens is 1. The van der Waals surface area contributed by atoms with Crippen LogP contribution in [0.15, 0.2) is 6.33 Å². The molecule has 0 radical (unpaired) electrons. The quantitative estimate of drug-likeness (QED) is 0.101. The molecule has 0 bridgehead atoms. The van der Waals surface area contributed by atoms with Crippen molar-refractivity contribution in [2.45, 2.75) is 115 Å². The number of nitrogen functional groups attached to an aromatic ring is 1. The highest BCUT2D eigenvalue weighted by Gasteiger charge is 2.30. The highest BCUT2D eigenvalue weighted by atomic mass is 19.1. The number of aryl methyl sites for hydroxylation is 1. The number of carbonyl (C=O) groups is 1. The minimum Gasteiger partial charge on any atom is -0.462 e. The number of anilines is 1. The number of ether oxygens (including phenoxy) is 2. The summed E-state index contributed by atoms with van der Waals surface area (Å²) >= 11 is 0. The van der Waals surface area contributed by atoms with Gasteiger partial charge in [0.2, 0.25) is 0 Å². The summed E-state index contributed by atoms with van der Waals surface area (Å²) in [6.45, 7) is 2.47. The number of nitrogens with zero attached hydrogens (tertiary/aromatic N) is 4. The predicted octanol–water partition coefficient (Wildman–Crippen LogP) is 5.98. The fourth-order valence-electron chi connectivity index (χ4n) is 4.26. The van der Waals surface area contributed by atoms with Gasteiger partial charge in [-0.15, -0.1) is 18.3 Å². The van der Waals surface area contributed by atoms with Gasteiger partial charge in [0.25, 0.3) is 0 Å². The van der Waals surface area contributed by atoms with Crippen molar-refractivity contribution in [1.82, 2.24) is 19.5 Å². The normalized spacial score (nSPS) is 12.5. The molecule has 0 saturated heterocycles. The standard InChI is InChI=1S/C30H44FN5O3/c1-4-6-7-8-9-10-11-12-13-14-15-16-17-18-19-20-25(37)39-23-30(5-2,38-3)21-22-36-24-33-26-27(32)34-29(31)35-28(26)36/h2,24H,4,6-11,14-23H2,1,3H3,(H2,32,34,35). The topological polar surface area (TPSA) is 105 Å². The summed E-state index contributed by atoms with van der Waals surface area (Å²) < 4.78 is 26.2. The third-order valence-electron chi connectivity index (χ3n) is 6.80. The van der Waals surface area contributed by atoms with E-state index in [-0.39, 0.29) is 24.0 Å². The number of hydrogen-bond acceptors (Lipinski definition) is 7. The lowest BCUT2D eigenvalue weighted by Crippen LogP contribution is -2.37. The molecule has 214 valence electrons. The van der Waals surface area contributed by atoms with Gasteiger partial charge in [-0.1, -0.05) is 64.2 Å². The van der Waals surface area contributed by atoms with Crippen LogP contribution < -0.4 is 5.73 Å². The number of nitrogens with two attached hydrogens (primary N) is 1. The molecular formula is C30H44FN5O3. The molecule has 0 fully saturated rings. The van der Waals surface area contributed by atoms with Crippen molar-refractivity contribution in [2.24, 2.45) is 0 Å². The zero-order valence-corrected chi connectivity index (χ0v) is 23.6. The average molecular weight is 542 g/mol. The van der Waals surface area contributed by atoms with E-state index in [1.54, 1.807) is 4.57 Å². The number of esters is 1. The largest absolute Gasteiger partial charge is 0.462 e. The van der Waals surface area contributed by atoms with Crippen LogP contribution in [0.2, 0.25) is 0 Å². The lowest BCUT2D eigenvalue weighted by Gasteiger charge is -2.26. The monoisotopic (exact) mass is 541 g/mol. The summed E-state index contributed by atoms with van der Waals surface area (Å²) in [6, 6.07) is 0. The van der Waals surface area contributed by atoms with Gasteiger partial charge < -0.3 is 19.8 Å². The van der Waals surface area contributed by atoms with Gasteiger partial charge >= 0.3 is 12.0 Å². The Morgan fingerprint density at radius 2 is 1.69 bits per heavy atom. The molecule has 2 N–H and O–H groups in total. The maximum Gasteiger partial charge on any atom is 0.312 e. The number of hydrogen-bond donors (Lipinski definition) is 1. The first kappa shape index (κ1) is 32.0. The van der Waals surface area contributed by atoms with E-state index in [1.165, 1.54) is 52.0 Å². The second-order valence-electron chi connectivity index (χ2n) is 9.88. The molecule has 1 atom stereocenters. The number of carbonyl (C=O) groups excluding carboxylic acids is 1. The summed E-state index contributed by atoms with van der Waals surface area (Å²) in [7, 11) is 1.47. The van der Waals surface area contributed by atoms with Crippen LogP contribution in [0.25, 0.3) is 11.2 Å². The van der Waals surface area contributed by atoms with Gasteiger partial charge in [0, 0.05) is 39.3 Å². The Kier molecular flexibility index (Phi) is 14.9. The summed E-state index contributed by atoms with van der Waals surface area (Å²) in [4.78, 5) is 23.7. The highest BCUT2D eigenvalue weighted by Crippen LogP contribution is 2.21. The van der Waals surface area contributed by atoms with Gasteiger partial charge in [-0.3, -0.25) is 4.79 Å². The zero-order valence-electron chi connectivity index (χ0n) is 23.6. The van der Waals surface area contributed by atoms with Crippen LogP contribution in [0.4, 0.5) is 10.2 Å². The van der Waals surface area contributed by atoms with E-state index >= 15 is 0 Å². The molecule has 2 heterocycles. The molecule has 9 heteroatoms. The van der Waals surface area contributed by atoms with Crippen molar-refractivity contribution in [2.75, 3.05) is 19.5 Å². The first-order chi connectivity index (χ1) is 18.9. The maximum absolute atomic E-state index is 13.6. The molecule has 0 aliphatic carbocycles. The smallest absolute Gasteiger partial charge is 0.312 e. The number of aromatic nitrogens is 4. The Labute approximate surface area is 232 Å². The third kappa shape index (κ3) is 11.6. The molecule has 8 nitrogen and oxygen atoms in total. The minimum absolute atomic E-state index is 0.0346. The Hall–Kier alpha value is -3.17. The highest BCUT2D eigenvalue weighted by molar-refractivity contribution is 5.81.